The molecule has 1 fully saturated rings. The van der Waals surface area contributed by atoms with Gasteiger partial charge in [0, 0.05) is 48.0 Å². The largest absolute Gasteiger partial charge is 0.342 e. The maximum absolute atomic E-state index is 12.9. The van der Waals surface area contributed by atoms with Gasteiger partial charge >= 0.3 is 0 Å². The molecule has 5 rings (SSSR count). The van der Waals surface area contributed by atoms with Crippen molar-refractivity contribution in [3.8, 4) is 22.5 Å². The predicted molar refractivity (Wildman–Crippen MR) is 123 cm³/mol. The lowest BCUT2D eigenvalue weighted by Gasteiger charge is -2.16. The van der Waals surface area contributed by atoms with E-state index in [0.29, 0.717) is 41.7 Å². The molecule has 4 aromatic rings. The van der Waals surface area contributed by atoms with Gasteiger partial charge in [0.15, 0.2) is 0 Å². The smallest absolute Gasteiger partial charge is 0.296 e. The Morgan fingerprint density at radius 2 is 2.09 bits per heavy atom. The predicted octanol–water partition coefficient (Wildman–Crippen LogP) is 0.553. The van der Waals surface area contributed by atoms with Gasteiger partial charge in [-0.25, -0.2) is 9.97 Å². The van der Waals surface area contributed by atoms with E-state index in [0.717, 1.165) is 23.1 Å². The summed E-state index contributed by atoms with van der Waals surface area (Å²) in [6, 6.07) is 9.56. The van der Waals surface area contributed by atoms with Gasteiger partial charge in [0.05, 0.1) is 17.6 Å². The third-order valence-electron chi connectivity index (χ3n) is 5.94. The molecule has 0 aromatic carbocycles. The van der Waals surface area contributed by atoms with Crippen molar-refractivity contribution in [3.63, 3.8) is 0 Å². The first kappa shape index (κ1) is 22.2. The minimum Gasteiger partial charge on any atom is -0.342 e. The number of H-pyrrole nitrogens is 1. The van der Waals surface area contributed by atoms with Crippen molar-refractivity contribution in [2.24, 2.45) is 0 Å². The standard InChI is InChI=1S/C23H25N7O4/c1-24-17-5-6-29(12-17)22(31)19-4-2-3-18(27-19)15-7-14-8-20(28-21(14)25-9-15)16-10-26-30(11-16)13-23(32,33)34/h2-4,7-11,17,24,32-34H,5-6,12-13H2,1H3,(H,25,28). The summed E-state index contributed by atoms with van der Waals surface area (Å²) < 4.78 is 1.23. The Morgan fingerprint density at radius 1 is 1.24 bits per heavy atom. The summed E-state index contributed by atoms with van der Waals surface area (Å²) in [6.45, 7) is 0.902. The maximum Gasteiger partial charge on any atom is 0.296 e. The monoisotopic (exact) mass is 463 g/mol. The average Bonchev–Trinajstić information content (AvgIpc) is 3.56. The number of hydrogen-bond acceptors (Lipinski definition) is 8. The average molecular weight is 463 g/mol. The number of amides is 1. The van der Waals surface area contributed by atoms with Crippen LogP contribution in [0.5, 0.6) is 0 Å². The molecule has 0 spiro atoms. The number of likely N-dealkylation sites (tertiary alicyclic amines) is 1. The number of carbonyl (C=O) groups is 1. The first-order valence-electron chi connectivity index (χ1n) is 10.9. The van der Waals surface area contributed by atoms with Gasteiger partial charge in [0.2, 0.25) is 0 Å². The zero-order chi connectivity index (χ0) is 23.9. The second kappa shape index (κ2) is 8.61. The Labute approximate surface area is 194 Å². The Morgan fingerprint density at radius 3 is 2.85 bits per heavy atom. The molecule has 4 aromatic heterocycles. The molecule has 0 bridgehead atoms. The van der Waals surface area contributed by atoms with Crippen LogP contribution in [-0.4, -0.2) is 83.0 Å². The van der Waals surface area contributed by atoms with E-state index in [9.17, 15) is 4.79 Å². The maximum atomic E-state index is 12.9. The van der Waals surface area contributed by atoms with Crippen molar-refractivity contribution in [3.05, 3.63) is 54.6 Å². The summed E-state index contributed by atoms with van der Waals surface area (Å²) in [7, 11) is 1.91. The Kier molecular flexibility index (Phi) is 5.62. The Bertz CT molecular complexity index is 1340. The van der Waals surface area contributed by atoms with E-state index in [-0.39, 0.29) is 5.91 Å². The molecule has 11 nitrogen and oxygen atoms in total. The number of aromatic amines is 1. The highest BCUT2D eigenvalue weighted by molar-refractivity contribution is 5.93. The van der Waals surface area contributed by atoms with Crippen LogP contribution in [0.3, 0.4) is 0 Å². The highest BCUT2D eigenvalue weighted by Gasteiger charge is 2.26. The highest BCUT2D eigenvalue weighted by Crippen LogP contribution is 2.27. The van der Waals surface area contributed by atoms with E-state index >= 15 is 0 Å². The van der Waals surface area contributed by atoms with Crippen LogP contribution < -0.4 is 5.32 Å². The van der Waals surface area contributed by atoms with Crippen molar-refractivity contribution in [1.82, 2.24) is 34.9 Å². The van der Waals surface area contributed by atoms with Crippen LogP contribution in [0.15, 0.2) is 48.9 Å². The molecule has 1 atom stereocenters. The molecule has 5 N–H and O–H groups in total. The normalized spacial score (nSPS) is 16.5. The van der Waals surface area contributed by atoms with Crippen molar-refractivity contribution < 1.29 is 20.1 Å². The van der Waals surface area contributed by atoms with Crippen LogP contribution in [0.25, 0.3) is 33.5 Å². The molecule has 1 aliphatic rings. The lowest BCUT2D eigenvalue weighted by atomic mass is 10.1. The second-order valence-corrected chi connectivity index (χ2v) is 8.48. The minimum absolute atomic E-state index is 0.0766. The molecule has 0 radical (unpaired) electrons. The Hall–Kier alpha value is -3.64. The molecule has 34 heavy (non-hydrogen) atoms. The van der Waals surface area contributed by atoms with E-state index in [4.69, 9.17) is 15.3 Å². The third kappa shape index (κ3) is 4.54. The van der Waals surface area contributed by atoms with Gasteiger partial charge in [-0.1, -0.05) is 6.07 Å². The topological polar surface area (TPSA) is 152 Å². The number of carbonyl (C=O) groups excluding carboxylic acids is 1. The van der Waals surface area contributed by atoms with Gasteiger partial charge in [0.1, 0.15) is 17.9 Å². The number of rotatable bonds is 6. The van der Waals surface area contributed by atoms with Crippen LogP contribution in [0, 0.1) is 0 Å². The highest BCUT2D eigenvalue weighted by atomic mass is 16.7. The molecular formula is C23H25N7O4. The van der Waals surface area contributed by atoms with Gasteiger partial charge in [0.25, 0.3) is 11.9 Å². The molecule has 176 valence electrons. The number of hydrogen-bond donors (Lipinski definition) is 5. The number of nitrogens with zero attached hydrogens (tertiary/aromatic N) is 5. The Balaban J connectivity index is 1.39. The molecule has 5 heterocycles. The van der Waals surface area contributed by atoms with Gasteiger partial charge < -0.3 is 30.5 Å². The number of fused-ring (bicyclic) bond motifs is 1. The van der Waals surface area contributed by atoms with E-state index in [1.807, 2.05) is 36.2 Å². The van der Waals surface area contributed by atoms with Gasteiger partial charge in [-0.3, -0.25) is 9.48 Å². The summed E-state index contributed by atoms with van der Waals surface area (Å²) in [5.74, 6) is -2.92. The number of pyridine rings is 2. The molecule has 1 amide bonds. The first-order valence-corrected chi connectivity index (χ1v) is 10.9. The van der Waals surface area contributed by atoms with Crippen molar-refractivity contribution in [1.29, 1.82) is 0 Å². The summed E-state index contributed by atoms with van der Waals surface area (Å²) in [6.07, 6.45) is 5.76. The molecule has 1 saturated heterocycles. The third-order valence-corrected chi connectivity index (χ3v) is 5.94. The van der Waals surface area contributed by atoms with Gasteiger partial charge in [-0.15, -0.1) is 0 Å². The van der Waals surface area contributed by atoms with E-state index in [2.05, 4.69) is 25.4 Å². The summed E-state index contributed by atoms with van der Waals surface area (Å²) >= 11 is 0. The van der Waals surface area contributed by atoms with Crippen molar-refractivity contribution in [2.75, 3.05) is 20.1 Å². The van der Waals surface area contributed by atoms with Crippen LogP contribution in [0.4, 0.5) is 0 Å². The van der Waals surface area contributed by atoms with Crippen LogP contribution in [0.2, 0.25) is 0 Å². The van der Waals surface area contributed by atoms with E-state index < -0.39 is 12.5 Å². The number of nitrogens with one attached hydrogen (secondary N) is 2. The van der Waals surface area contributed by atoms with Crippen LogP contribution >= 0.6 is 0 Å². The summed E-state index contributed by atoms with van der Waals surface area (Å²) in [5, 5.41) is 35.5. The fourth-order valence-corrected chi connectivity index (χ4v) is 4.17. The number of aliphatic hydroxyl groups is 3. The molecule has 1 aliphatic heterocycles. The fourth-order valence-electron chi connectivity index (χ4n) is 4.17. The van der Waals surface area contributed by atoms with Crippen molar-refractivity contribution in [2.45, 2.75) is 25.0 Å². The molecule has 11 heteroatoms. The number of aromatic nitrogens is 5. The van der Waals surface area contributed by atoms with E-state index in [1.54, 1.807) is 24.7 Å². The zero-order valence-electron chi connectivity index (χ0n) is 18.5. The summed E-state index contributed by atoms with van der Waals surface area (Å²) in [4.78, 5) is 27.0. The fraction of sp³-hybridized carbons (Fsp3) is 0.304. The lowest BCUT2D eigenvalue weighted by molar-refractivity contribution is -0.319. The summed E-state index contributed by atoms with van der Waals surface area (Å²) in [5.41, 5.74) is 3.93. The number of likely N-dealkylation sites (N-methyl/N-ethyl adjacent to an activating group) is 1. The van der Waals surface area contributed by atoms with E-state index in [1.165, 1.54) is 4.68 Å². The SMILES string of the molecule is CNC1CCN(C(=O)c2cccc(-c3cnc4[nH]c(-c5cnn(CC(O)(O)O)c5)cc4c3)n2)C1. The molecule has 0 aliphatic carbocycles. The van der Waals surface area contributed by atoms with Gasteiger partial charge in [-0.2, -0.15) is 5.10 Å². The molecular weight excluding hydrogens is 438 g/mol. The first-order chi connectivity index (χ1) is 16.3. The molecule has 0 saturated carbocycles. The zero-order valence-corrected chi connectivity index (χ0v) is 18.5. The minimum atomic E-state index is -2.84. The molecule has 1 unspecified atom stereocenters. The lowest BCUT2D eigenvalue weighted by Crippen LogP contribution is -2.33. The van der Waals surface area contributed by atoms with Gasteiger partial charge in [-0.05, 0) is 37.7 Å². The van der Waals surface area contributed by atoms with Crippen molar-refractivity contribution >= 4 is 16.9 Å². The van der Waals surface area contributed by atoms with Crippen LogP contribution in [-0.2, 0) is 6.54 Å². The quantitative estimate of drug-likeness (QED) is 0.260. The van der Waals surface area contributed by atoms with Crippen LogP contribution in [0.1, 0.15) is 16.9 Å². The second-order valence-electron chi connectivity index (χ2n) is 8.48.